The molecular formula is C19H25F2N3O2. The van der Waals surface area contributed by atoms with Crippen LogP contribution in [-0.4, -0.2) is 54.9 Å². The Morgan fingerprint density at radius 3 is 2.50 bits per heavy atom. The highest BCUT2D eigenvalue weighted by Crippen LogP contribution is 2.25. The van der Waals surface area contributed by atoms with Gasteiger partial charge in [-0.05, 0) is 30.7 Å². The van der Waals surface area contributed by atoms with E-state index in [4.69, 9.17) is 0 Å². The maximum atomic E-state index is 13.1. The van der Waals surface area contributed by atoms with Gasteiger partial charge >= 0.3 is 0 Å². The first-order valence-electron chi connectivity index (χ1n) is 9.13. The number of rotatable bonds is 5. The maximum absolute atomic E-state index is 13.1. The topological polar surface area (TPSA) is 61.4 Å². The van der Waals surface area contributed by atoms with Gasteiger partial charge < -0.3 is 10.2 Å². The van der Waals surface area contributed by atoms with E-state index in [1.165, 1.54) is 5.56 Å². The first-order chi connectivity index (χ1) is 12.4. The Kier molecular flexibility index (Phi) is 5.86. The molecule has 1 unspecified atom stereocenters. The summed E-state index contributed by atoms with van der Waals surface area (Å²) < 4.78 is 26.2. The molecule has 0 bridgehead atoms. The van der Waals surface area contributed by atoms with Crippen molar-refractivity contribution in [1.29, 1.82) is 0 Å². The van der Waals surface area contributed by atoms with E-state index in [1.54, 1.807) is 4.90 Å². The van der Waals surface area contributed by atoms with Crippen molar-refractivity contribution in [1.82, 2.24) is 15.5 Å². The number of hydrogen-bond acceptors (Lipinski definition) is 3. The molecular weight excluding hydrogens is 340 g/mol. The summed E-state index contributed by atoms with van der Waals surface area (Å²) in [5, 5.41) is 4.98. The maximum Gasteiger partial charge on any atom is 0.262 e. The third-order valence-electron chi connectivity index (χ3n) is 5.17. The summed E-state index contributed by atoms with van der Waals surface area (Å²) in [7, 11) is 0. The minimum absolute atomic E-state index is 0.133. The number of alkyl halides is 2. The number of carbonyl (C=O) groups excluding carboxylic acids is 2. The van der Waals surface area contributed by atoms with Crippen LogP contribution in [0.2, 0.25) is 0 Å². The molecule has 2 fully saturated rings. The van der Waals surface area contributed by atoms with E-state index in [9.17, 15) is 18.4 Å². The van der Waals surface area contributed by atoms with Gasteiger partial charge in [0.05, 0.1) is 19.1 Å². The minimum atomic E-state index is -2.85. The lowest BCUT2D eigenvalue weighted by Crippen LogP contribution is -2.47. The van der Waals surface area contributed by atoms with Crippen molar-refractivity contribution in [3.8, 4) is 0 Å². The third-order valence-corrected chi connectivity index (χ3v) is 5.17. The normalized spacial score (nSPS) is 23.0. The van der Waals surface area contributed by atoms with Gasteiger partial charge in [0.1, 0.15) is 0 Å². The smallest absolute Gasteiger partial charge is 0.262 e. The van der Waals surface area contributed by atoms with E-state index in [2.05, 4.69) is 22.8 Å². The highest BCUT2D eigenvalue weighted by molar-refractivity contribution is 5.87. The Morgan fingerprint density at radius 1 is 1.19 bits per heavy atom. The van der Waals surface area contributed by atoms with Crippen molar-refractivity contribution in [2.45, 2.75) is 37.6 Å². The molecule has 26 heavy (non-hydrogen) atoms. The van der Waals surface area contributed by atoms with E-state index in [1.807, 2.05) is 18.2 Å². The number of nitrogens with zero attached hydrogens (tertiary/aromatic N) is 1. The summed E-state index contributed by atoms with van der Waals surface area (Å²) >= 11 is 0. The average Bonchev–Trinajstić information content (AvgIpc) is 3.01. The first kappa shape index (κ1) is 18.8. The number of halogens is 2. The molecule has 2 aliphatic heterocycles. The first-order valence-corrected chi connectivity index (χ1v) is 9.13. The Balaban J connectivity index is 1.38. The lowest BCUT2D eigenvalue weighted by Gasteiger charge is -2.32. The van der Waals surface area contributed by atoms with Gasteiger partial charge in [-0.15, -0.1) is 0 Å². The number of likely N-dealkylation sites (tertiary alicyclic amines) is 1. The summed E-state index contributed by atoms with van der Waals surface area (Å²) in [6.45, 7) is 0.720. The molecule has 1 aromatic carbocycles. The van der Waals surface area contributed by atoms with Crippen molar-refractivity contribution in [3.05, 3.63) is 35.9 Å². The summed E-state index contributed by atoms with van der Waals surface area (Å²) in [5.74, 6) is -2.98. The molecule has 7 heteroatoms. The van der Waals surface area contributed by atoms with Crippen LogP contribution in [0.15, 0.2) is 30.3 Å². The van der Waals surface area contributed by atoms with E-state index in [0.29, 0.717) is 19.0 Å². The molecule has 142 valence electrons. The van der Waals surface area contributed by atoms with Gasteiger partial charge in [-0.2, -0.15) is 0 Å². The number of hydrogen-bond donors (Lipinski definition) is 2. The summed E-state index contributed by atoms with van der Waals surface area (Å²) in [6.07, 6.45) is 2.37. The molecule has 2 amide bonds. The van der Waals surface area contributed by atoms with Gasteiger partial charge in [0.2, 0.25) is 11.8 Å². The third kappa shape index (κ3) is 5.00. The SMILES string of the molecule is O=C(NCC(=O)N1CCC(Cc2ccccc2)CC1)C1CC(F)(F)CN1. The van der Waals surface area contributed by atoms with Crippen LogP contribution in [0.25, 0.3) is 0 Å². The van der Waals surface area contributed by atoms with Crippen molar-refractivity contribution in [2.75, 3.05) is 26.2 Å². The highest BCUT2D eigenvalue weighted by atomic mass is 19.3. The lowest BCUT2D eigenvalue weighted by molar-refractivity contribution is -0.134. The van der Waals surface area contributed by atoms with Crippen molar-refractivity contribution >= 4 is 11.8 Å². The van der Waals surface area contributed by atoms with Crippen molar-refractivity contribution in [2.24, 2.45) is 5.92 Å². The van der Waals surface area contributed by atoms with Crippen LogP contribution in [0.1, 0.15) is 24.8 Å². The van der Waals surface area contributed by atoms with Crippen LogP contribution in [0, 0.1) is 5.92 Å². The second kappa shape index (κ2) is 8.12. The minimum Gasteiger partial charge on any atom is -0.346 e. The van der Waals surface area contributed by atoms with Crippen LogP contribution in [0.5, 0.6) is 0 Å². The number of nitrogens with one attached hydrogen (secondary N) is 2. The lowest BCUT2D eigenvalue weighted by atomic mass is 9.90. The molecule has 2 N–H and O–H groups in total. The quantitative estimate of drug-likeness (QED) is 0.833. The molecule has 1 atom stereocenters. The molecule has 3 rings (SSSR count). The number of carbonyl (C=O) groups is 2. The zero-order valence-electron chi connectivity index (χ0n) is 14.7. The molecule has 0 radical (unpaired) electrons. The van der Waals surface area contributed by atoms with E-state index in [0.717, 1.165) is 19.3 Å². The van der Waals surface area contributed by atoms with Crippen LogP contribution >= 0.6 is 0 Å². The second-order valence-corrected chi connectivity index (χ2v) is 7.23. The van der Waals surface area contributed by atoms with Crippen molar-refractivity contribution < 1.29 is 18.4 Å². The summed E-state index contributed by atoms with van der Waals surface area (Å²) in [4.78, 5) is 25.9. The molecule has 2 heterocycles. The Labute approximate surface area is 152 Å². The highest BCUT2D eigenvalue weighted by Gasteiger charge is 2.42. The standard InChI is InChI=1S/C19H25F2N3O2/c20-19(21)11-16(23-13-19)18(26)22-12-17(25)24-8-6-15(7-9-24)10-14-4-2-1-3-5-14/h1-5,15-16,23H,6-13H2,(H,22,26). The van der Waals surface area contributed by atoms with Gasteiger partial charge in [0.15, 0.2) is 0 Å². The summed E-state index contributed by atoms with van der Waals surface area (Å²) in [6, 6.07) is 9.38. The van der Waals surface area contributed by atoms with E-state index < -0.39 is 30.8 Å². The molecule has 5 nitrogen and oxygen atoms in total. The largest absolute Gasteiger partial charge is 0.346 e. The van der Waals surface area contributed by atoms with Crippen LogP contribution < -0.4 is 10.6 Å². The predicted molar refractivity (Wildman–Crippen MR) is 93.8 cm³/mol. The molecule has 0 spiro atoms. The summed E-state index contributed by atoms with van der Waals surface area (Å²) in [5.41, 5.74) is 1.31. The predicted octanol–water partition coefficient (Wildman–Crippen LogP) is 1.58. The van der Waals surface area contributed by atoms with E-state index in [-0.39, 0.29) is 12.5 Å². The Bertz CT molecular complexity index is 631. The van der Waals surface area contributed by atoms with Crippen LogP contribution in [0.3, 0.4) is 0 Å². The van der Waals surface area contributed by atoms with Gasteiger partial charge in [-0.1, -0.05) is 30.3 Å². The molecule has 0 aromatic heterocycles. The fourth-order valence-corrected chi connectivity index (χ4v) is 3.63. The number of benzene rings is 1. The van der Waals surface area contributed by atoms with Gasteiger partial charge in [-0.25, -0.2) is 8.78 Å². The fourth-order valence-electron chi connectivity index (χ4n) is 3.63. The van der Waals surface area contributed by atoms with Gasteiger partial charge in [-0.3, -0.25) is 14.9 Å². The molecule has 0 aliphatic carbocycles. The van der Waals surface area contributed by atoms with E-state index >= 15 is 0 Å². The zero-order valence-corrected chi connectivity index (χ0v) is 14.7. The molecule has 1 aromatic rings. The fraction of sp³-hybridized carbons (Fsp3) is 0.579. The Hall–Kier alpha value is -2.02. The number of piperidine rings is 1. The van der Waals surface area contributed by atoms with Gasteiger partial charge in [0, 0.05) is 19.5 Å². The monoisotopic (exact) mass is 365 g/mol. The van der Waals surface area contributed by atoms with Gasteiger partial charge in [0.25, 0.3) is 5.92 Å². The van der Waals surface area contributed by atoms with Crippen molar-refractivity contribution in [3.63, 3.8) is 0 Å². The molecule has 2 aliphatic rings. The average molecular weight is 365 g/mol. The molecule has 2 saturated heterocycles. The number of amides is 2. The molecule has 0 saturated carbocycles. The van der Waals surface area contributed by atoms with Crippen LogP contribution in [-0.2, 0) is 16.0 Å². The second-order valence-electron chi connectivity index (χ2n) is 7.23. The Morgan fingerprint density at radius 2 is 1.88 bits per heavy atom. The zero-order chi connectivity index (χ0) is 18.6. The van der Waals surface area contributed by atoms with Crippen LogP contribution in [0.4, 0.5) is 8.78 Å².